The van der Waals surface area contributed by atoms with Crippen LogP contribution >= 0.6 is 23.1 Å². The number of rotatable bonds is 5. The normalized spacial score (nSPS) is 19.7. The van der Waals surface area contributed by atoms with Gasteiger partial charge in [0, 0.05) is 50.1 Å². The summed E-state index contributed by atoms with van der Waals surface area (Å²) in [6.07, 6.45) is 0. The molecule has 1 unspecified atom stereocenters. The number of sulfonamides is 1. The molecule has 1 aromatic rings. The van der Waals surface area contributed by atoms with Crippen molar-refractivity contribution in [3.8, 4) is 0 Å². The highest BCUT2D eigenvalue weighted by atomic mass is 32.2. The summed E-state index contributed by atoms with van der Waals surface area (Å²) in [5.41, 5.74) is 0. The number of hydrogen-bond acceptors (Lipinski definition) is 5. The molecule has 0 saturated carbocycles. The number of thiophene rings is 1. The van der Waals surface area contributed by atoms with Crippen molar-refractivity contribution in [1.29, 1.82) is 0 Å². The van der Waals surface area contributed by atoms with E-state index in [9.17, 15) is 8.42 Å². The monoisotopic (exact) mass is 404 g/mol. The zero-order chi connectivity index (χ0) is 18.6. The summed E-state index contributed by atoms with van der Waals surface area (Å²) < 4.78 is 26.0. The van der Waals surface area contributed by atoms with Gasteiger partial charge in [-0.05, 0) is 18.1 Å². The lowest BCUT2D eigenvalue weighted by Gasteiger charge is -2.36. The summed E-state index contributed by atoms with van der Waals surface area (Å²) in [5, 5.41) is 3.99. The molecule has 0 spiro atoms. The topological polar surface area (TPSA) is 65.0 Å². The summed E-state index contributed by atoms with van der Waals surface area (Å²) in [4.78, 5) is 7.68. The second kappa shape index (κ2) is 8.75. The first-order valence-electron chi connectivity index (χ1n) is 8.34. The zero-order valence-electron chi connectivity index (χ0n) is 15.5. The molecule has 0 radical (unpaired) electrons. The van der Waals surface area contributed by atoms with Crippen LogP contribution in [0.3, 0.4) is 0 Å². The van der Waals surface area contributed by atoms with Crippen LogP contribution in [-0.2, 0) is 16.6 Å². The highest BCUT2D eigenvalue weighted by molar-refractivity contribution is 8.00. The van der Waals surface area contributed by atoms with E-state index >= 15 is 0 Å². The maximum absolute atomic E-state index is 12.2. The van der Waals surface area contributed by atoms with E-state index in [1.54, 1.807) is 27.2 Å². The van der Waals surface area contributed by atoms with Crippen LogP contribution in [0, 0.1) is 5.92 Å². The van der Waals surface area contributed by atoms with Gasteiger partial charge in [-0.3, -0.25) is 4.99 Å². The van der Waals surface area contributed by atoms with Gasteiger partial charge in [-0.2, -0.15) is 11.8 Å². The smallest absolute Gasteiger partial charge is 0.252 e. The zero-order valence-corrected chi connectivity index (χ0v) is 18.0. The van der Waals surface area contributed by atoms with E-state index in [1.165, 1.54) is 15.6 Å². The molecular weight excluding hydrogens is 376 g/mol. The molecule has 1 aromatic heterocycles. The standard InChI is InChI=1S/C16H28N4O2S3/c1-12(2)14-11-20(8-9-23-14)16(17-3)18-10-13-6-7-15(24-13)25(21,22)19(4)5/h6-7,12,14H,8-11H2,1-5H3,(H,17,18). The van der Waals surface area contributed by atoms with Crippen LogP contribution in [0.15, 0.2) is 21.3 Å². The van der Waals surface area contributed by atoms with E-state index in [2.05, 4.69) is 29.1 Å². The second-order valence-corrected chi connectivity index (χ2v) is 11.4. The predicted molar refractivity (Wildman–Crippen MR) is 108 cm³/mol. The highest BCUT2D eigenvalue weighted by Gasteiger charge is 2.25. The van der Waals surface area contributed by atoms with E-state index in [-0.39, 0.29) is 0 Å². The van der Waals surface area contributed by atoms with Gasteiger partial charge >= 0.3 is 0 Å². The Labute approximate surface area is 159 Å². The van der Waals surface area contributed by atoms with Crippen LogP contribution in [0.5, 0.6) is 0 Å². The molecule has 1 N–H and O–H groups in total. The lowest BCUT2D eigenvalue weighted by molar-refractivity contribution is 0.381. The van der Waals surface area contributed by atoms with Crippen molar-refractivity contribution in [3.05, 3.63) is 17.0 Å². The molecule has 0 bridgehead atoms. The van der Waals surface area contributed by atoms with Crippen LogP contribution in [0.2, 0.25) is 0 Å². The van der Waals surface area contributed by atoms with Crippen LogP contribution in [-0.4, -0.2) is 68.8 Å². The third-order valence-corrected chi connectivity index (χ3v) is 9.05. The van der Waals surface area contributed by atoms with Gasteiger partial charge in [-0.15, -0.1) is 11.3 Å². The minimum absolute atomic E-state index is 0.374. The third kappa shape index (κ3) is 5.12. The summed E-state index contributed by atoms with van der Waals surface area (Å²) >= 11 is 3.34. The van der Waals surface area contributed by atoms with E-state index in [4.69, 9.17) is 0 Å². The van der Waals surface area contributed by atoms with Crippen molar-refractivity contribution in [2.24, 2.45) is 10.9 Å². The summed E-state index contributed by atoms with van der Waals surface area (Å²) in [5.74, 6) is 2.63. The molecular formula is C16H28N4O2S3. The Kier molecular flexibility index (Phi) is 7.19. The van der Waals surface area contributed by atoms with Gasteiger partial charge in [0.25, 0.3) is 10.0 Å². The number of aliphatic imine (C=N–C) groups is 1. The third-order valence-electron chi connectivity index (χ3n) is 4.14. The van der Waals surface area contributed by atoms with Gasteiger partial charge in [-0.1, -0.05) is 13.8 Å². The fraction of sp³-hybridized carbons (Fsp3) is 0.688. The average molecular weight is 405 g/mol. The number of guanidine groups is 1. The quantitative estimate of drug-likeness (QED) is 0.602. The van der Waals surface area contributed by atoms with Gasteiger partial charge in [-0.25, -0.2) is 12.7 Å². The molecule has 1 fully saturated rings. The van der Waals surface area contributed by atoms with Crippen LogP contribution in [0.4, 0.5) is 0 Å². The van der Waals surface area contributed by atoms with Gasteiger partial charge in [0.2, 0.25) is 0 Å². The van der Waals surface area contributed by atoms with E-state index < -0.39 is 10.0 Å². The molecule has 2 heterocycles. The number of nitrogens with zero attached hydrogens (tertiary/aromatic N) is 3. The molecule has 1 aliphatic rings. The summed E-state index contributed by atoms with van der Waals surface area (Å²) in [6.45, 7) is 7.08. The Hall–Kier alpha value is -0.770. The number of thioether (sulfide) groups is 1. The average Bonchev–Trinajstić information content (AvgIpc) is 3.05. The van der Waals surface area contributed by atoms with Crippen molar-refractivity contribution >= 4 is 39.1 Å². The highest BCUT2D eigenvalue weighted by Crippen LogP contribution is 2.26. The summed E-state index contributed by atoms with van der Waals surface area (Å²) in [7, 11) is 1.54. The number of nitrogens with one attached hydrogen (secondary N) is 1. The molecule has 1 saturated heterocycles. The lowest BCUT2D eigenvalue weighted by atomic mass is 10.1. The molecule has 1 atom stereocenters. The maximum atomic E-state index is 12.2. The fourth-order valence-electron chi connectivity index (χ4n) is 2.54. The molecule has 0 aromatic carbocycles. The van der Waals surface area contributed by atoms with Gasteiger partial charge in [0.15, 0.2) is 5.96 Å². The van der Waals surface area contributed by atoms with Crippen LogP contribution in [0.1, 0.15) is 18.7 Å². The fourth-order valence-corrected chi connectivity index (χ4v) is 6.30. The molecule has 9 heteroatoms. The molecule has 1 aliphatic heterocycles. The molecule has 25 heavy (non-hydrogen) atoms. The Balaban J connectivity index is 1.99. The van der Waals surface area contributed by atoms with Crippen molar-refractivity contribution < 1.29 is 8.42 Å². The van der Waals surface area contributed by atoms with Crippen molar-refractivity contribution in [1.82, 2.24) is 14.5 Å². The first kappa shape index (κ1) is 20.5. The van der Waals surface area contributed by atoms with E-state index in [1.807, 2.05) is 17.8 Å². The molecule has 2 rings (SSSR count). The van der Waals surface area contributed by atoms with Crippen molar-refractivity contribution in [2.75, 3.05) is 40.0 Å². The molecule has 6 nitrogen and oxygen atoms in total. The predicted octanol–water partition coefficient (Wildman–Crippen LogP) is 2.15. The Morgan fingerprint density at radius 3 is 2.76 bits per heavy atom. The maximum Gasteiger partial charge on any atom is 0.252 e. The molecule has 142 valence electrons. The SMILES string of the molecule is CN=C(NCc1ccc(S(=O)(=O)N(C)C)s1)N1CCSC(C(C)C)C1. The Morgan fingerprint density at radius 1 is 1.44 bits per heavy atom. The first-order chi connectivity index (χ1) is 11.8. The lowest BCUT2D eigenvalue weighted by Crippen LogP contribution is -2.48. The minimum atomic E-state index is -3.36. The van der Waals surface area contributed by atoms with Gasteiger partial charge in [0.1, 0.15) is 4.21 Å². The molecule has 0 amide bonds. The first-order valence-corrected chi connectivity index (χ1v) is 11.6. The van der Waals surface area contributed by atoms with Gasteiger partial charge in [0.05, 0.1) is 6.54 Å². The minimum Gasteiger partial charge on any atom is -0.351 e. The van der Waals surface area contributed by atoms with Crippen molar-refractivity contribution in [3.63, 3.8) is 0 Å². The second-order valence-electron chi connectivity index (χ2n) is 6.51. The molecule has 0 aliphatic carbocycles. The Bertz CT molecular complexity index is 698. The van der Waals surface area contributed by atoms with Crippen LogP contribution < -0.4 is 5.32 Å². The summed E-state index contributed by atoms with van der Waals surface area (Å²) in [6, 6.07) is 3.54. The largest absolute Gasteiger partial charge is 0.351 e. The van der Waals surface area contributed by atoms with Gasteiger partial charge < -0.3 is 10.2 Å². The number of hydrogen-bond donors (Lipinski definition) is 1. The van der Waals surface area contributed by atoms with E-state index in [0.29, 0.717) is 21.9 Å². The van der Waals surface area contributed by atoms with Crippen LogP contribution in [0.25, 0.3) is 0 Å². The Morgan fingerprint density at radius 2 is 2.16 bits per heavy atom. The van der Waals surface area contributed by atoms with Crippen molar-refractivity contribution in [2.45, 2.75) is 29.9 Å². The van der Waals surface area contributed by atoms with E-state index in [0.717, 1.165) is 29.7 Å².